The molecule has 0 saturated heterocycles. The topological polar surface area (TPSA) is 91.9 Å². The molecule has 0 unspecified atom stereocenters. The van der Waals surface area contributed by atoms with Crippen LogP contribution in [0.4, 0.5) is 17.3 Å². The van der Waals surface area contributed by atoms with Crippen molar-refractivity contribution in [2.24, 2.45) is 5.92 Å². The van der Waals surface area contributed by atoms with E-state index in [1.54, 1.807) is 13.8 Å². The molecule has 1 amide bonds. The molecule has 0 atom stereocenters. The lowest BCUT2D eigenvalue weighted by Crippen LogP contribution is -2.45. The summed E-state index contributed by atoms with van der Waals surface area (Å²) in [4.78, 5) is 24.7. The van der Waals surface area contributed by atoms with Gasteiger partial charge in [-0.15, -0.1) is 0 Å². The molecule has 7 heteroatoms. The molecule has 5 rings (SSSR count). The second-order valence-corrected chi connectivity index (χ2v) is 8.14. The molecule has 3 aromatic rings. The van der Waals surface area contributed by atoms with Gasteiger partial charge in [-0.2, -0.15) is 4.98 Å². The highest BCUT2D eigenvalue weighted by Gasteiger charge is 2.35. The minimum absolute atomic E-state index is 0.163. The van der Waals surface area contributed by atoms with Crippen LogP contribution in [0.1, 0.15) is 38.8 Å². The number of nitrogens with one attached hydrogen (secondary N) is 3. The van der Waals surface area contributed by atoms with Gasteiger partial charge in [-0.3, -0.25) is 4.79 Å². The third-order valence-electron chi connectivity index (χ3n) is 5.60. The van der Waals surface area contributed by atoms with E-state index in [2.05, 4.69) is 20.6 Å². The van der Waals surface area contributed by atoms with Gasteiger partial charge in [0.25, 0.3) is 5.91 Å². The van der Waals surface area contributed by atoms with Gasteiger partial charge in [-0.25, -0.2) is 4.98 Å². The van der Waals surface area contributed by atoms with Crippen LogP contribution in [-0.2, 0) is 11.2 Å². The van der Waals surface area contributed by atoms with Crippen LogP contribution >= 0.6 is 0 Å². The molecule has 1 aliphatic carbocycles. The molecule has 2 aliphatic rings. The Morgan fingerprint density at radius 1 is 1.25 bits per heavy atom. The van der Waals surface area contributed by atoms with Crippen molar-refractivity contribution < 1.29 is 9.53 Å². The van der Waals surface area contributed by atoms with E-state index in [9.17, 15) is 4.79 Å². The number of nitrogens with zero attached hydrogens (tertiary/aromatic N) is 2. The van der Waals surface area contributed by atoms with E-state index in [-0.39, 0.29) is 5.91 Å². The minimum atomic E-state index is -0.875. The highest BCUT2D eigenvalue weighted by molar-refractivity contribution is 6.00. The van der Waals surface area contributed by atoms with Gasteiger partial charge < -0.3 is 20.4 Å². The maximum Gasteiger partial charge on any atom is 0.268 e. The first-order valence-corrected chi connectivity index (χ1v) is 9.73. The zero-order chi connectivity index (χ0) is 19.3. The number of fused-ring (bicyclic) bond motifs is 2. The zero-order valence-corrected chi connectivity index (χ0v) is 16.0. The van der Waals surface area contributed by atoms with Crippen LogP contribution in [0.25, 0.3) is 11.0 Å². The van der Waals surface area contributed by atoms with Crippen LogP contribution in [0.3, 0.4) is 0 Å². The molecule has 2 aromatic heterocycles. The second-order valence-electron chi connectivity index (χ2n) is 8.14. The standard InChI is InChI=1S/C21H23N5O2/c1-21(2)19(27)24-16-11-13(6-7-17(16)28-21)23-20-25-15(10-12-4-3-5-12)14-8-9-22-18(14)26-20/h6-9,11-12H,3-5,10H2,1-2H3,(H,24,27)(H2,22,23,25,26). The van der Waals surface area contributed by atoms with E-state index in [1.807, 2.05) is 30.5 Å². The average molecular weight is 377 g/mol. The van der Waals surface area contributed by atoms with E-state index in [4.69, 9.17) is 9.72 Å². The number of aromatic nitrogens is 3. The fraction of sp³-hybridized carbons (Fsp3) is 0.381. The molecule has 0 spiro atoms. The van der Waals surface area contributed by atoms with Gasteiger partial charge in [0.2, 0.25) is 5.95 Å². The highest BCUT2D eigenvalue weighted by Crippen LogP contribution is 2.36. The van der Waals surface area contributed by atoms with Gasteiger partial charge in [-0.05, 0) is 50.5 Å². The Bertz CT molecular complexity index is 1070. The van der Waals surface area contributed by atoms with E-state index < -0.39 is 5.60 Å². The summed E-state index contributed by atoms with van der Waals surface area (Å²) in [7, 11) is 0. The lowest BCUT2D eigenvalue weighted by molar-refractivity contribution is -0.129. The number of hydrogen-bond donors (Lipinski definition) is 3. The summed E-state index contributed by atoms with van der Waals surface area (Å²) in [6.07, 6.45) is 6.76. The van der Waals surface area contributed by atoms with E-state index in [0.717, 1.165) is 34.8 Å². The maximum absolute atomic E-state index is 12.2. The molecule has 144 valence electrons. The van der Waals surface area contributed by atoms with Crippen LogP contribution in [0.15, 0.2) is 30.5 Å². The van der Waals surface area contributed by atoms with Crippen molar-refractivity contribution in [2.75, 3.05) is 10.6 Å². The molecule has 7 nitrogen and oxygen atoms in total. The lowest BCUT2D eigenvalue weighted by Gasteiger charge is -2.31. The third kappa shape index (κ3) is 2.96. The van der Waals surface area contributed by atoms with Gasteiger partial charge in [-0.1, -0.05) is 19.3 Å². The predicted octanol–water partition coefficient (Wildman–Crippen LogP) is 4.15. The van der Waals surface area contributed by atoms with Gasteiger partial charge in [0.1, 0.15) is 11.4 Å². The largest absolute Gasteiger partial charge is 0.476 e. The molecule has 0 radical (unpaired) electrons. The fourth-order valence-electron chi connectivity index (χ4n) is 3.70. The normalized spacial score (nSPS) is 18.1. The highest BCUT2D eigenvalue weighted by atomic mass is 16.5. The van der Waals surface area contributed by atoms with Crippen LogP contribution in [0.5, 0.6) is 5.75 Å². The summed E-state index contributed by atoms with van der Waals surface area (Å²) in [5.74, 6) is 1.76. The summed E-state index contributed by atoms with van der Waals surface area (Å²) < 4.78 is 5.79. The number of amides is 1. The maximum atomic E-state index is 12.2. The number of anilines is 3. The molecule has 1 saturated carbocycles. The van der Waals surface area contributed by atoms with E-state index in [0.29, 0.717) is 17.4 Å². The lowest BCUT2D eigenvalue weighted by atomic mass is 9.82. The molecular weight excluding hydrogens is 354 g/mol. The summed E-state index contributed by atoms with van der Waals surface area (Å²) in [5, 5.41) is 7.26. The number of carbonyl (C=O) groups is 1. The average Bonchev–Trinajstić information content (AvgIpc) is 3.08. The number of H-pyrrole nitrogens is 1. The van der Waals surface area contributed by atoms with Crippen LogP contribution < -0.4 is 15.4 Å². The SMILES string of the molecule is CC1(C)Oc2ccc(Nc3nc(CC4CCC4)c4cc[nH]c4n3)cc2NC1=O. The predicted molar refractivity (Wildman–Crippen MR) is 108 cm³/mol. The van der Waals surface area contributed by atoms with E-state index >= 15 is 0 Å². The van der Waals surface area contributed by atoms with Crippen molar-refractivity contribution >= 4 is 34.3 Å². The summed E-state index contributed by atoms with van der Waals surface area (Å²) in [6, 6.07) is 7.64. The smallest absolute Gasteiger partial charge is 0.268 e. The first-order chi connectivity index (χ1) is 13.5. The molecule has 1 aromatic carbocycles. The quantitative estimate of drug-likeness (QED) is 0.635. The number of rotatable bonds is 4. The van der Waals surface area contributed by atoms with Crippen molar-refractivity contribution in [1.29, 1.82) is 0 Å². The number of benzene rings is 1. The monoisotopic (exact) mass is 377 g/mol. The molecular formula is C21H23N5O2. The Morgan fingerprint density at radius 3 is 2.89 bits per heavy atom. The van der Waals surface area contributed by atoms with Crippen molar-refractivity contribution in [1.82, 2.24) is 15.0 Å². The summed E-state index contributed by atoms with van der Waals surface area (Å²) in [5.41, 5.74) is 2.48. The third-order valence-corrected chi connectivity index (χ3v) is 5.60. The first kappa shape index (κ1) is 17.0. The number of hydrogen-bond acceptors (Lipinski definition) is 5. The summed E-state index contributed by atoms with van der Waals surface area (Å²) in [6.45, 7) is 3.50. The van der Waals surface area contributed by atoms with Crippen molar-refractivity contribution in [2.45, 2.75) is 45.1 Å². The van der Waals surface area contributed by atoms with Gasteiger partial charge in [0.15, 0.2) is 5.60 Å². The minimum Gasteiger partial charge on any atom is -0.476 e. The van der Waals surface area contributed by atoms with Crippen molar-refractivity contribution in [3.63, 3.8) is 0 Å². The number of carbonyl (C=O) groups excluding carboxylic acids is 1. The van der Waals surface area contributed by atoms with Gasteiger partial charge in [0, 0.05) is 17.3 Å². The van der Waals surface area contributed by atoms with Gasteiger partial charge in [0.05, 0.1) is 11.4 Å². The molecule has 1 aliphatic heterocycles. The van der Waals surface area contributed by atoms with Crippen LogP contribution in [0.2, 0.25) is 0 Å². The Hall–Kier alpha value is -3.09. The van der Waals surface area contributed by atoms with Crippen molar-refractivity contribution in [3.8, 4) is 5.75 Å². The summed E-state index contributed by atoms with van der Waals surface area (Å²) >= 11 is 0. The Morgan fingerprint density at radius 2 is 2.11 bits per heavy atom. The molecule has 28 heavy (non-hydrogen) atoms. The van der Waals surface area contributed by atoms with Gasteiger partial charge >= 0.3 is 0 Å². The first-order valence-electron chi connectivity index (χ1n) is 9.73. The second kappa shape index (κ2) is 6.22. The zero-order valence-electron chi connectivity index (χ0n) is 16.0. The Labute approximate surface area is 162 Å². The Kier molecular flexibility index (Phi) is 3.79. The van der Waals surface area contributed by atoms with Crippen LogP contribution in [0, 0.1) is 5.92 Å². The molecule has 1 fully saturated rings. The fourth-order valence-corrected chi connectivity index (χ4v) is 3.70. The Balaban J connectivity index is 1.44. The molecule has 3 heterocycles. The van der Waals surface area contributed by atoms with Crippen LogP contribution in [-0.4, -0.2) is 26.5 Å². The van der Waals surface area contributed by atoms with E-state index in [1.165, 1.54) is 19.3 Å². The molecule has 3 N–H and O–H groups in total. The number of aromatic amines is 1. The number of ether oxygens (including phenoxy) is 1. The van der Waals surface area contributed by atoms with Crippen molar-refractivity contribution in [3.05, 3.63) is 36.2 Å². The molecule has 0 bridgehead atoms.